The summed E-state index contributed by atoms with van der Waals surface area (Å²) >= 11 is 0. The maximum atomic E-state index is 11.1. The number of hydrogen-bond donors (Lipinski definition) is 1. The number of hydrogen-bond acceptors (Lipinski definition) is 4. The van der Waals surface area contributed by atoms with Gasteiger partial charge in [0.05, 0.1) is 12.7 Å². The van der Waals surface area contributed by atoms with Gasteiger partial charge in [0.1, 0.15) is 12.4 Å². The molecule has 0 amide bonds. The molecule has 0 atom stereocenters. The smallest absolute Gasteiger partial charge is 0.254 e. The van der Waals surface area contributed by atoms with Gasteiger partial charge in [-0.2, -0.15) is 0 Å². The molecule has 1 N–H and O–H groups in total. The fourth-order valence-corrected chi connectivity index (χ4v) is 1.18. The quantitative estimate of drug-likeness (QED) is 0.711. The first-order valence-corrected chi connectivity index (χ1v) is 5.51. The lowest BCUT2D eigenvalue weighted by molar-refractivity contribution is 0.0963. The van der Waals surface area contributed by atoms with Crippen LogP contribution in [0.4, 0.5) is 0 Å². The van der Waals surface area contributed by atoms with Crippen molar-refractivity contribution < 1.29 is 9.47 Å². The molecule has 0 spiro atoms. The number of aryl methyl sites for hydroxylation is 1. The second kappa shape index (κ2) is 7.00. The van der Waals surface area contributed by atoms with Gasteiger partial charge in [-0.1, -0.05) is 13.3 Å². The minimum Gasteiger partial charge on any atom is -0.475 e. The third kappa shape index (κ3) is 4.93. The van der Waals surface area contributed by atoms with E-state index < -0.39 is 0 Å². The third-order valence-corrected chi connectivity index (χ3v) is 1.96. The number of unbranched alkanes of at least 4 members (excludes halogenated alkanes) is 1. The first kappa shape index (κ1) is 12.7. The normalized spacial score (nSPS) is 10.4. The lowest BCUT2D eigenvalue weighted by Crippen LogP contribution is -2.13. The van der Waals surface area contributed by atoms with Crippen LogP contribution in [-0.2, 0) is 4.74 Å². The van der Waals surface area contributed by atoms with Gasteiger partial charge in [-0.25, -0.2) is 4.98 Å². The Bertz CT molecular complexity index is 362. The molecule has 1 heterocycles. The summed E-state index contributed by atoms with van der Waals surface area (Å²) in [7, 11) is 0. The average molecular weight is 226 g/mol. The highest BCUT2D eigenvalue weighted by Crippen LogP contribution is 2.00. The Balaban J connectivity index is 2.24. The Morgan fingerprint density at radius 1 is 1.38 bits per heavy atom. The SMILES string of the molecule is CCCCOCCOc1cc(=O)[nH]c(C)n1. The van der Waals surface area contributed by atoms with Gasteiger partial charge in [-0.05, 0) is 13.3 Å². The van der Waals surface area contributed by atoms with E-state index in [2.05, 4.69) is 16.9 Å². The van der Waals surface area contributed by atoms with Gasteiger partial charge in [0, 0.05) is 6.61 Å². The van der Waals surface area contributed by atoms with Crippen LogP contribution in [0.3, 0.4) is 0 Å². The molecule has 0 fully saturated rings. The van der Waals surface area contributed by atoms with Gasteiger partial charge in [-0.3, -0.25) is 4.79 Å². The van der Waals surface area contributed by atoms with E-state index in [1.807, 2.05) is 0 Å². The number of nitrogens with one attached hydrogen (secondary N) is 1. The molecule has 0 aliphatic carbocycles. The highest BCUT2D eigenvalue weighted by Gasteiger charge is 1.98. The highest BCUT2D eigenvalue weighted by molar-refractivity contribution is 5.07. The molecule has 5 heteroatoms. The Hall–Kier alpha value is -1.36. The Kier molecular flexibility index (Phi) is 5.56. The monoisotopic (exact) mass is 226 g/mol. The van der Waals surface area contributed by atoms with Gasteiger partial charge < -0.3 is 14.5 Å². The van der Waals surface area contributed by atoms with E-state index in [0.717, 1.165) is 19.4 Å². The van der Waals surface area contributed by atoms with Crippen LogP contribution in [0, 0.1) is 6.92 Å². The molecule has 0 aliphatic heterocycles. The molecule has 90 valence electrons. The first-order chi connectivity index (χ1) is 7.72. The van der Waals surface area contributed by atoms with Crippen LogP contribution in [0.2, 0.25) is 0 Å². The van der Waals surface area contributed by atoms with E-state index in [9.17, 15) is 4.79 Å². The van der Waals surface area contributed by atoms with E-state index in [0.29, 0.717) is 24.9 Å². The second-order valence-electron chi connectivity index (χ2n) is 3.48. The molecule has 0 unspecified atom stereocenters. The summed E-state index contributed by atoms with van der Waals surface area (Å²) in [6, 6.07) is 1.33. The largest absolute Gasteiger partial charge is 0.475 e. The molecular formula is C11H18N2O3. The van der Waals surface area contributed by atoms with Crippen molar-refractivity contribution in [1.29, 1.82) is 0 Å². The van der Waals surface area contributed by atoms with Crippen LogP contribution >= 0.6 is 0 Å². The zero-order valence-corrected chi connectivity index (χ0v) is 9.78. The summed E-state index contributed by atoms with van der Waals surface area (Å²) in [4.78, 5) is 17.7. The lowest BCUT2D eigenvalue weighted by Gasteiger charge is -2.06. The van der Waals surface area contributed by atoms with Crippen LogP contribution in [0.1, 0.15) is 25.6 Å². The molecule has 16 heavy (non-hydrogen) atoms. The molecule has 1 rings (SSSR count). The molecule has 0 radical (unpaired) electrons. The number of aromatic amines is 1. The number of H-pyrrole nitrogens is 1. The van der Waals surface area contributed by atoms with Crippen LogP contribution in [0.25, 0.3) is 0 Å². The third-order valence-electron chi connectivity index (χ3n) is 1.96. The summed E-state index contributed by atoms with van der Waals surface area (Å²) in [6.45, 7) is 5.52. The Morgan fingerprint density at radius 2 is 2.19 bits per heavy atom. The number of ether oxygens (including phenoxy) is 2. The zero-order chi connectivity index (χ0) is 11.8. The van der Waals surface area contributed by atoms with Gasteiger partial charge in [0.15, 0.2) is 0 Å². The molecule has 0 saturated heterocycles. The Labute approximate surface area is 94.8 Å². The van der Waals surface area contributed by atoms with Crippen molar-refractivity contribution >= 4 is 0 Å². The van der Waals surface area contributed by atoms with Crippen molar-refractivity contribution in [1.82, 2.24) is 9.97 Å². The molecule has 1 aromatic heterocycles. The standard InChI is InChI=1S/C11H18N2O3/c1-3-4-5-15-6-7-16-11-8-10(14)12-9(2)13-11/h8H,3-7H2,1-2H3,(H,12,13,14). The van der Waals surface area contributed by atoms with Gasteiger partial charge >= 0.3 is 0 Å². The minimum atomic E-state index is -0.200. The maximum absolute atomic E-state index is 11.1. The highest BCUT2D eigenvalue weighted by atomic mass is 16.5. The fraction of sp³-hybridized carbons (Fsp3) is 0.636. The topological polar surface area (TPSA) is 64.2 Å². The molecule has 0 aliphatic rings. The van der Waals surface area contributed by atoms with Gasteiger partial charge in [-0.15, -0.1) is 0 Å². The van der Waals surface area contributed by atoms with Crippen LogP contribution in [0.5, 0.6) is 5.88 Å². The molecule has 0 aromatic carbocycles. The predicted octanol–water partition coefficient (Wildman–Crippen LogP) is 1.27. The minimum absolute atomic E-state index is 0.200. The molecule has 0 saturated carbocycles. The van der Waals surface area contributed by atoms with E-state index in [1.54, 1.807) is 6.92 Å². The number of nitrogens with zero attached hydrogens (tertiary/aromatic N) is 1. The number of aromatic nitrogens is 2. The van der Waals surface area contributed by atoms with E-state index in [-0.39, 0.29) is 5.56 Å². The van der Waals surface area contributed by atoms with E-state index in [1.165, 1.54) is 6.07 Å². The summed E-state index contributed by atoms with van der Waals surface area (Å²) in [5.74, 6) is 0.898. The molecular weight excluding hydrogens is 208 g/mol. The van der Waals surface area contributed by atoms with Crippen LogP contribution < -0.4 is 10.3 Å². The Morgan fingerprint density at radius 3 is 2.88 bits per heavy atom. The zero-order valence-electron chi connectivity index (χ0n) is 9.78. The number of rotatable bonds is 7. The first-order valence-electron chi connectivity index (χ1n) is 5.51. The fourth-order valence-electron chi connectivity index (χ4n) is 1.18. The van der Waals surface area contributed by atoms with Gasteiger partial charge in [0.2, 0.25) is 5.88 Å². The van der Waals surface area contributed by atoms with Crippen molar-refractivity contribution in [2.24, 2.45) is 0 Å². The van der Waals surface area contributed by atoms with Crippen molar-refractivity contribution in [3.8, 4) is 5.88 Å². The van der Waals surface area contributed by atoms with Crippen LogP contribution in [-0.4, -0.2) is 29.8 Å². The molecule has 1 aromatic rings. The lowest BCUT2D eigenvalue weighted by atomic mass is 10.4. The average Bonchev–Trinajstić information content (AvgIpc) is 2.22. The molecule has 5 nitrogen and oxygen atoms in total. The second-order valence-corrected chi connectivity index (χ2v) is 3.48. The van der Waals surface area contributed by atoms with E-state index >= 15 is 0 Å². The van der Waals surface area contributed by atoms with Gasteiger partial charge in [0.25, 0.3) is 5.56 Å². The summed E-state index contributed by atoms with van der Waals surface area (Å²) in [5.41, 5.74) is -0.200. The summed E-state index contributed by atoms with van der Waals surface area (Å²) in [6.07, 6.45) is 2.18. The van der Waals surface area contributed by atoms with Crippen LogP contribution in [0.15, 0.2) is 10.9 Å². The van der Waals surface area contributed by atoms with E-state index in [4.69, 9.17) is 9.47 Å². The maximum Gasteiger partial charge on any atom is 0.254 e. The van der Waals surface area contributed by atoms with Crippen molar-refractivity contribution in [2.75, 3.05) is 19.8 Å². The van der Waals surface area contributed by atoms with Crippen molar-refractivity contribution in [3.05, 3.63) is 22.2 Å². The summed E-state index contributed by atoms with van der Waals surface area (Å²) in [5, 5.41) is 0. The molecule has 0 bridgehead atoms. The summed E-state index contributed by atoms with van der Waals surface area (Å²) < 4.78 is 10.6. The predicted molar refractivity (Wildman–Crippen MR) is 60.8 cm³/mol. The van der Waals surface area contributed by atoms with Crippen molar-refractivity contribution in [3.63, 3.8) is 0 Å². The van der Waals surface area contributed by atoms with Crippen molar-refractivity contribution in [2.45, 2.75) is 26.7 Å².